The molecule has 7 nitrogen and oxygen atoms in total. The average Bonchev–Trinajstić information content (AvgIpc) is 2.73. The molecule has 0 fully saturated rings. The molecular weight excluding hydrogens is 434 g/mol. The molecule has 3 unspecified atom stereocenters. The first-order chi connectivity index (χ1) is 14.8. The van der Waals surface area contributed by atoms with Gasteiger partial charge in [-0.2, -0.15) is 0 Å². The second-order valence-corrected chi connectivity index (χ2v) is 8.55. The van der Waals surface area contributed by atoms with E-state index in [4.69, 9.17) is 16.3 Å². The van der Waals surface area contributed by atoms with Crippen LogP contribution in [0.3, 0.4) is 0 Å². The van der Waals surface area contributed by atoms with Crippen LogP contribution < -0.4 is 0 Å². The maximum absolute atomic E-state index is 13.1. The molecule has 0 aromatic carbocycles. The van der Waals surface area contributed by atoms with E-state index in [0.29, 0.717) is 11.6 Å². The van der Waals surface area contributed by atoms with Crippen LogP contribution >= 0.6 is 11.6 Å². The molecule has 0 amide bonds. The normalized spacial score (nSPS) is 23.6. The van der Waals surface area contributed by atoms with Crippen LogP contribution in [0, 0.1) is 5.92 Å². The molecule has 32 heavy (non-hydrogen) atoms. The van der Waals surface area contributed by atoms with Crippen molar-refractivity contribution in [1.29, 1.82) is 0 Å². The van der Waals surface area contributed by atoms with Gasteiger partial charge in [0.2, 0.25) is 17.2 Å². The predicted octanol–water partition coefficient (Wildman–Crippen LogP) is 4.06. The molecule has 3 atom stereocenters. The molecule has 1 aliphatic carbocycles. The third-order valence-corrected chi connectivity index (χ3v) is 5.90. The van der Waals surface area contributed by atoms with Gasteiger partial charge in [0.15, 0.2) is 0 Å². The molecular formula is C24H28ClNO6. The van der Waals surface area contributed by atoms with Gasteiger partial charge < -0.3 is 14.7 Å². The van der Waals surface area contributed by atoms with Crippen LogP contribution in [0.5, 0.6) is 0 Å². The summed E-state index contributed by atoms with van der Waals surface area (Å²) >= 11 is 6.31. The number of ether oxygens (including phenoxy) is 1. The van der Waals surface area contributed by atoms with Crippen LogP contribution in [0.25, 0.3) is 0 Å². The van der Waals surface area contributed by atoms with Crippen molar-refractivity contribution < 1.29 is 29.0 Å². The van der Waals surface area contributed by atoms with E-state index in [0.717, 1.165) is 18.9 Å². The number of esters is 1. The average molecular weight is 462 g/mol. The van der Waals surface area contributed by atoms with Gasteiger partial charge in [0.25, 0.3) is 0 Å². The van der Waals surface area contributed by atoms with E-state index >= 15 is 0 Å². The molecule has 172 valence electrons. The Morgan fingerprint density at radius 1 is 1.25 bits per heavy atom. The number of ketones is 2. The summed E-state index contributed by atoms with van der Waals surface area (Å²) in [6.07, 6.45) is 9.48. The molecule has 1 N–H and O–H groups in total. The summed E-state index contributed by atoms with van der Waals surface area (Å²) in [6, 6.07) is -1.01. The Labute approximate surface area is 192 Å². The van der Waals surface area contributed by atoms with Gasteiger partial charge in [-0.3, -0.25) is 14.4 Å². The lowest BCUT2D eigenvalue weighted by atomic mass is 9.79. The van der Waals surface area contributed by atoms with Gasteiger partial charge in [0.1, 0.15) is 6.04 Å². The Kier molecular flexibility index (Phi) is 7.67. The minimum atomic E-state index is -2.10. The molecule has 0 bridgehead atoms. The lowest BCUT2D eigenvalue weighted by Gasteiger charge is -2.36. The SMILES string of the molecule is CCC(C)C=C(C)C=CC1=CC2=C(Cl)C(=O)C(C)(OC(C)=O)C(=O)C2=CN1C(C)C(=O)O. The van der Waals surface area contributed by atoms with E-state index in [1.54, 1.807) is 6.08 Å². The Hall–Kier alpha value is -2.93. The van der Waals surface area contributed by atoms with Crippen LogP contribution in [0.1, 0.15) is 48.0 Å². The minimum absolute atomic E-state index is 0.00969. The van der Waals surface area contributed by atoms with E-state index in [-0.39, 0.29) is 16.2 Å². The van der Waals surface area contributed by atoms with Crippen molar-refractivity contribution >= 4 is 35.1 Å². The summed E-state index contributed by atoms with van der Waals surface area (Å²) in [5.41, 5.74) is -0.492. The largest absolute Gasteiger partial charge is 0.480 e. The van der Waals surface area contributed by atoms with E-state index < -0.39 is 35.1 Å². The highest BCUT2D eigenvalue weighted by Gasteiger charge is 2.52. The summed E-state index contributed by atoms with van der Waals surface area (Å²) in [4.78, 5) is 50.6. The van der Waals surface area contributed by atoms with Crippen molar-refractivity contribution in [2.75, 3.05) is 0 Å². The zero-order valence-corrected chi connectivity index (χ0v) is 19.8. The molecule has 2 rings (SSSR count). The first kappa shape index (κ1) is 25.3. The maximum atomic E-state index is 13.1. The van der Waals surface area contributed by atoms with Crippen molar-refractivity contribution in [2.45, 2.75) is 59.6 Å². The number of Topliss-reactive ketones (excluding diaryl/α,β-unsaturated/α-hetero) is 2. The number of carboxylic acids is 1. The summed E-state index contributed by atoms with van der Waals surface area (Å²) in [5, 5.41) is 9.33. The Bertz CT molecular complexity index is 1020. The zero-order valence-electron chi connectivity index (χ0n) is 19.1. The molecule has 0 saturated carbocycles. The highest BCUT2D eigenvalue weighted by Crippen LogP contribution is 2.40. The van der Waals surface area contributed by atoms with E-state index in [1.807, 2.05) is 13.0 Å². The first-order valence-corrected chi connectivity index (χ1v) is 10.7. The number of fused-ring (bicyclic) bond motifs is 1. The fourth-order valence-electron chi connectivity index (χ4n) is 3.45. The number of carboxylic acid groups (broad SMARTS) is 1. The van der Waals surface area contributed by atoms with Crippen molar-refractivity contribution in [2.24, 2.45) is 5.92 Å². The van der Waals surface area contributed by atoms with Gasteiger partial charge in [-0.15, -0.1) is 0 Å². The summed E-state index contributed by atoms with van der Waals surface area (Å²) in [7, 11) is 0. The molecule has 0 aromatic rings. The van der Waals surface area contributed by atoms with Gasteiger partial charge in [-0.05, 0) is 38.8 Å². The number of nitrogens with zero attached hydrogens (tertiary/aromatic N) is 1. The van der Waals surface area contributed by atoms with Gasteiger partial charge in [0, 0.05) is 30.0 Å². The first-order valence-electron chi connectivity index (χ1n) is 10.3. The number of carbonyl (C=O) groups is 4. The van der Waals surface area contributed by atoms with Gasteiger partial charge in [-0.1, -0.05) is 49.6 Å². The molecule has 0 aromatic heterocycles. The fraction of sp³-hybridized carbons (Fsp3) is 0.417. The maximum Gasteiger partial charge on any atom is 0.326 e. The number of halogens is 1. The number of hydrogen-bond donors (Lipinski definition) is 1. The number of hydrogen-bond acceptors (Lipinski definition) is 6. The van der Waals surface area contributed by atoms with Crippen molar-refractivity contribution in [3.8, 4) is 0 Å². The van der Waals surface area contributed by atoms with Crippen LogP contribution in [0.2, 0.25) is 0 Å². The van der Waals surface area contributed by atoms with E-state index in [9.17, 15) is 24.3 Å². The molecule has 1 heterocycles. The van der Waals surface area contributed by atoms with E-state index in [1.165, 1.54) is 31.0 Å². The molecule has 0 radical (unpaired) electrons. The lowest BCUT2D eigenvalue weighted by Crippen LogP contribution is -2.52. The molecule has 1 aliphatic heterocycles. The Morgan fingerprint density at radius 3 is 2.41 bits per heavy atom. The standard InChI is InChI=1S/C24H28ClNO6/c1-7-13(2)10-14(3)8-9-17-11-18-19(12-26(17)15(4)23(30)31)21(28)24(6,32-16(5)27)22(29)20(18)25/h8-13,15H,7H2,1-6H3,(H,30,31). The predicted molar refractivity (Wildman–Crippen MR) is 121 cm³/mol. The van der Waals surface area contributed by atoms with Gasteiger partial charge in [0.05, 0.1) is 5.03 Å². The number of carbonyl (C=O) groups excluding carboxylic acids is 3. The van der Waals surface area contributed by atoms with Crippen molar-refractivity contribution in [3.05, 3.63) is 58.0 Å². The van der Waals surface area contributed by atoms with Crippen LogP contribution in [0.15, 0.2) is 58.0 Å². The molecule has 2 aliphatic rings. The molecule has 0 saturated heterocycles. The minimum Gasteiger partial charge on any atom is -0.480 e. The highest BCUT2D eigenvalue weighted by atomic mass is 35.5. The monoisotopic (exact) mass is 461 g/mol. The van der Waals surface area contributed by atoms with Crippen molar-refractivity contribution in [3.63, 3.8) is 0 Å². The second-order valence-electron chi connectivity index (χ2n) is 8.18. The number of rotatable bonds is 7. The third kappa shape index (κ3) is 4.93. The van der Waals surface area contributed by atoms with Gasteiger partial charge >= 0.3 is 11.9 Å². The highest BCUT2D eigenvalue weighted by molar-refractivity contribution is 6.49. The van der Waals surface area contributed by atoms with Crippen LogP contribution in [0.4, 0.5) is 0 Å². The fourth-order valence-corrected chi connectivity index (χ4v) is 3.78. The zero-order chi connectivity index (χ0) is 24.4. The smallest absolute Gasteiger partial charge is 0.326 e. The Morgan fingerprint density at radius 2 is 1.88 bits per heavy atom. The Balaban J connectivity index is 2.63. The van der Waals surface area contributed by atoms with Crippen LogP contribution in [-0.2, 0) is 23.9 Å². The lowest BCUT2D eigenvalue weighted by molar-refractivity contribution is -0.167. The second kappa shape index (κ2) is 9.69. The van der Waals surface area contributed by atoms with E-state index in [2.05, 4.69) is 19.9 Å². The van der Waals surface area contributed by atoms with Crippen molar-refractivity contribution in [1.82, 2.24) is 4.90 Å². The third-order valence-electron chi connectivity index (χ3n) is 5.53. The van der Waals surface area contributed by atoms with Crippen LogP contribution in [-0.4, -0.2) is 45.2 Å². The number of allylic oxidation sites excluding steroid dienone is 6. The number of aliphatic carboxylic acids is 1. The summed E-state index contributed by atoms with van der Waals surface area (Å²) < 4.78 is 5.04. The summed E-state index contributed by atoms with van der Waals surface area (Å²) in [6.45, 7) is 9.86. The molecule has 0 spiro atoms. The molecule has 8 heteroatoms. The quantitative estimate of drug-likeness (QED) is 0.346. The van der Waals surface area contributed by atoms with Gasteiger partial charge in [-0.25, -0.2) is 4.79 Å². The summed E-state index contributed by atoms with van der Waals surface area (Å²) in [5.74, 6) is -3.11. The topological polar surface area (TPSA) is 101 Å².